The molecule has 2 N–H and O–H groups in total. The molecule has 0 aliphatic carbocycles. The zero-order chi connectivity index (χ0) is 17.4. The monoisotopic (exact) mass is 329 g/mol. The Morgan fingerprint density at radius 3 is 2.75 bits per heavy atom. The van der Waals surface area contributed by atoms with E-state index in [1.807, 2.05) is 32.2 Å². The van der Waals surface area contributed by atoms with Gasteiger partial charge in [0.15, 0.2) is 11.7 Å². The fraction of sp³-hybridized carbons (Fsp3) is 0.500. The number of hydrogen-bond acceptors (Lipinski definition) is 4. The maximum absolute atomic E-state index is 5.32. The lowest BCUT2D eigenvalue weighted by molar-refractivity contribution is 0.376. The second-order valence-corrected chi connectivity index (χ2v) is 6.05. The van der Waals surface area contributed by atoms with Crippen molar-refractivity contribution in [3.05, 3.63) is 47.1 Å². The highest BCUT2D eigenvalue weighted by Crippen LogP contribution is 2.14. The molecule has 0 atom stereocenters. The fourth-order valence-electron chi connectivity index (χ4n) is 2.15. The van der Waals surface area contributed by atoms with Crippen LogP contribution in [0.1, 0.15) is 49.4 Å². The molecule has 6 nitrogen and oxygen atoms in total. The van der Waals surface area contributed by atoms with Gasteiger partial charge < -0.3 is 15.2 Å². The summed E-state index contributed by atoms with van der Waals surface area (Å²) in [5, 5.41) is 10.6. The third-order valence-corrected chi connectivity index (χ3v) is 3.58. The van der Waals surface area contributed by atoms with Crippen molar-refractivity contribution in [2.75, 3.05) is 13.1 Å². The minimum Gasteiger partial charge on any atom is -0.359 e. The van der Waals surface area contributed by atoms with Gasteiger partial charge >= 0.3 is 0 Å². The summed E-state index contributed by atoms with van der Waals surface area (Å²) in [5.74, 6) is 1.92. The number of pyridine rings is 1. The minimum atomic E-state index is 0.362. The molecule has 2 heterocycles. The van der Waals surface area contributed by atoms with Gasteiger partial charge in [-0.3, -0.25) is 4.98 Å². The molecule has 130 valence electrons. The third-order valence-electron chi connectivity index (χ3n) is 3.58. The molecule has 0 saturated carbocycles. The Balaban J connectivity index is 1.86. The molecular formula is C18H27N5O. The number of aryl methyl sites for hydroxylation is 1. The van der Waals surface area contributed by atoms with Gasteiger partial charge in [0.1, 0.15) is 6.54 Å². The maximum atomic E-state index is 5.32. The Morgan fingerprint density at radius 1 is 1.29 bits per heavy atom. The van der Waals surface area contributed by atoms with E-state index in [9.17, 15) is 0 Å². The molecule has 0 bridgehead atoms. The van der Waals surface area contributed by atoms with E-state index in [2.05, 4.69) is 45.7 Å². The van der Waals surface area contributed by atoms with Gasteiger partial charge in [-0.05, 0) is 37.8 Å². The predicted molar refractivity (Wildman–Crippen MR) is 96.1 cm³/mol. The van der Waals surface area contributed by atoms with Crippen LogP contribution in [0.3, 0.4) is 0 Å². The van der Waals surface area contributed by atoms with Crippen molar-refractivity contribution in [3.8, 4) is 0 Å². The quantitative estimate of drug-likeness (QED) is 0.603. The van der Waals surface area contributed by atoms with Crippen LogP contribution >= 0.6 is 0 Å². The van der Waals surface area contributed by atoms with Gasteiger partial charge in [-0.25, -0.2) is 4.99 Å². The lowest BCUT2D eigenvalue weighted by Gasteiger charge is -2.10. The number of rotatable bonds is 7. The van der Waals surface area contributed by atoms with Crippen molar-refractivity contribution in [2.45, 2.75) is 46.6 Å². The summed E-state index contributed by atoms with van der Waals surface area (Å²) in [6.07, 6.45) is 2.82. The van der Waals surface area contributed by atoms with Crippen LogP contribution in [0.5, 0.6) is 0 Å². The molecule has 0 amide bonds. The first-order chi connectivity index (χ1) is 11.6. The molecule has 6 heteroatoms. The molecule has 0 unspecified atom stereocenters. The van der Waals surface area contributed by atoms with Crippen LogP contribution in [0, 0.1) is 6.92 Å². The molecule has 0 saturated heterocycles. The average Bonchev–Trinajstić information content (AvgIpc) is 3.04. The number of nitrogens with one attached hydrogen (secondary N) is 2. The van der Waals surface area contributed by atoms with E-state index < -0.39 is 0 Å². The first-order valence-corrected chi connectivity index (χ1v) is 8.47. The summed E-state index contributed by atoms with van der Waals surface area (Å²) in [4.78, 5) is 8.86. The van der Waals surface area contributed by atoms with Crippen LogP contribution in [-0.4, -0.2) is 29.2 Å². The van der Waals surface area contributed by atoms with Gasteiger partial charge in [0.25, 0.3) is 0 Å². The van der Waals surface area contributed by atoms with Crippen molar-refractivity contribution in [2.24, 2.45) is 4.99 Å². The fourth-order valence-corrected chi connectivity index (χ4v) is 2.15. The summed E-state index contributed by atoms with van der Waals surface area (Å²) >= 11 is 0. The number of nitrogens with zero attached hydrogens (tertiary/aromatic N) is 3. The van der Waals surface area contributed by atoms with E-state index in [0.29, 0.717) is 12.5 Å². The molecule has 2 aromatic rings. The Bertz CT molecular complexity index is 646. The number of hydrogen-bond donors (Lipinski definition) is 2. The van der Waals surface area contributed by atoms with Crippen molar-refractivity contribution >= 4 is 5.96 Å². The van der Waals surface area contributed by atoms with Gasteiger partial charge in [0.2, 0.25) is 0 Å². The molecule has 0 aliphatic rings. The van der Waals surface area contributed by atoms with Crippen molar-refractivity contribution < 1.29 is 4.52 Å². The van der Waals surface area contributed by atoms with E-state index in [1.165, 1.54) is 5.56 Å². The van der Waals surface area contributed by atoms with E-state index in [4.69, 9.17) is 4.52 Å². The Hall–Kier alpha value is -2.37. The van der Waals surface area contributed by atoms with Gasteiger partial charge in [0, 0.05) is 31.0 Å². The highest BCUT2D eigenvalue weighted by atomic mass is 16.5. The second kappa shape index (κ2) is 9.05. The summed E-state index contributed by atoms with van der Waals surface area (Å²) in [6.45, 7) is 10.3. The standard InChI is InChI=1S/C18H27N5O/c1-5-19-18(20-9-8-15-7-6-14(4)21-11-15)22-12-16-10-17(13(2)3)23-24-16/h6-7,10-11,13H,5,8-9,12H2,1-4H3,(H2,19,20,22). The Kier molecular flexibility index (Phi) is 6.78. The lowest BCUT2D eigenvalue weighted by Crippen LogP contribution is -2.38. The minimum absolute atomic E-state index is 0.362. The molecule has 0 fully saturated rings. The first-order valence-electron chi connectivity index (χ1n) is 8.47. The average molecular weight is 329 g/mol. The third kappa shape index (κ3) is 5.68. The molecule has 0 aromatic carbocycles. The van der Waals surface area contributed by atoms with Crippen molar-refractivity contribution in [1.82, 2.24) is 20.8 Å². The topological polar surface area (TPSA) is 75.3 Å². The van der Waals surface area contributed by atoms with E-state index in [-0.39, 0.29) is 0 Å². The van der Waals surface area contributed by atoms with Crippen LogP contribution in [0.4, 0.5) is 0 Å². The highest BCUT2D eigenvalue weighted by molar-refractivity contribution is 5.79. The van der Waals surface area contributed by atoms with Crippen LogP contribution in [-0.2, 0) is 13.0 Å². The smallest absolute Gasteiger partial charge is 0.191 e. The Morgan fingerprint density at radius 2 is 2.12 bits per heavy atom. The normalized spacial score (nSPS) is 11.8. The van der Waals surface area contributed by atoms with Crippen molar-refractivity contribution in [1.29, 1.82) is 0 Å². The van der Waals surface area contributed by atoms with Crippen LogP contribution in [0.2, 0.25) is 0 Å². The SMILES string of the molecule is CCNC(=NCc1cc(C(C)C)no1)NCCc1ccc(C)nc1. The molecule has 0 spiro atoms. The van der Waals surface area contributed by atoms with E-state index in [1.54, 1.807) is 0 Å². The first kappa shape index (κ1) is 18.0. The summed E-state index contributed by atoms with van der Waals surface area (Å²) < 4.78 is 5.32. The van der Waals surface area contributed by atoms with Gasteiger partial charge in [-0.1, -0.05) is 25.1 Å². The van der Waals surface area contributed by atoms with E-state index >= 15 is 0 Å². The molecular weight excluding hydrogens is 302 g/mol. The number of guanidine groups is 1. The van der Waals surface area contributed by atoms with Gasteiger partial charge in [-0.2, -0.15) is 0 Å². The second-order valence-electron chi connectivity index (χ2n) is 6.05. The predicted octanol–water partition coefficient (Wildman–Crippen LogP) is 2.80. The molecule has 24 heavy (non-hydrogen) atoms. The van der Waals surface area contributed by atoms with E-state index in [0.717, 1.165) is 42.6 Å². The summed E-state index contributed by atoms with van der Waals surface area (Å²) in [6, 6.07) is 6.11. The summed E-state index contributed by atoms with van der Waals surface area (Å²) in [5.41, 5.74) is 3.21. The largest absolute Gasteiger partial charge is 0.359 e. The van der Waals surface area contributed by atoms with Gasteiger partial charge in [-0.15, -0.1) is 0 Å². The zero-order valence-corrected chi connectivity index (χ0v) is 15.0. The molecule has 0 aliphatic heterocycles. The van der Waals surface area contributed by atoms with Crippen LogP contribution < -0.4 is 10.6 Å². The van der Waals surface area contributed by atoms with Crippen molar-refractivity contribution in [3.63, 3.8) is 0 Å². The lowest BCUT2D eigenvalue weighted by atomic mass is 10.1. The van der Waals surface area contributed by atoms with Crippen LogP contribution in [0.25, 0.3) is 0 Å². The van der Waals surface area contributed by atoms with Crippen LogP contribution in [0.15, 0.2) is 33.9 Å². The summed E-state index contributed by atoms with van der Waals surface area (Å²) in [7, 11) is 0. The highest BCUT2D eigenvalue weighted by Gasteiger charge is 2.07. The maximum Gasteiger partial charge on any atom is 0.191 e. The molecule has 2 rings (SSSR count). The number of aromatic nitrogens is 2. The number of aliphatic imine (C=N–C) groups is 1. The Labute approximate surface area is 143 Å². The zero-order valence-electron chi connectivity index (χ0n) is 15.0. The van der Waals surface area contributed by atoms with Gasteiger partial charge in [0.05, 0.1) is 5.69 Å². The molecule has 2 aromatic heterocycles. The molecule has 0 radical (unpaired) electrons.